The zero-order chi connectivity index (χ0) is 16.4. The van der Waals surface area contributed by atoms with Crippen molar-refractivity contribution < 1.29 is 9.53 Å². The highest BCUT2D eigenvalue weighted by Gasteiger charge is 2.29. The molecule has 1 amide bonds. The second-order valence-corrected chi connectivity index (χ2v) is 5.79. The monoisotopic (exact) mass is 316 g/mol. The SMILES string of the molecule is CN(C)c1cc(OC2CCN(C(=O)c3cnn(C)c3)C2)ncn1. The van der Waals surface area contributed by atoms with E-state index in [1.807, 2.05) is 19.0 Å². The topological polar surface area (TPSA) is 76.4 Å². The first-order valence-electron chi connectivity index (χ1n) is 7.47. The molecule has 3 rings (SSSR count). The molecule has 122 valence electrons. The molecule has 0 aliphatic carbocycles. The van der Waals surface area contributed by atoms with Crippen molar-refractivity contribution in [3.05, 3.63) is 30.4 Å². The minimum atomic E-state index is -0.0551. The molecule has 2 aromatic heterocycles. The minimum Gasteiger partial charge on any atom is -0.472 e. The van der Waals surface area contributed by atoms with Crippen LogP contribution in [0.25, 0.3) is 0 Å². The lowest BCUT2D eigenvalue weighted by atomic mass is 10.3. The van der Waals surface area contributed by atoms with Crippen molar-refractivity contribution in [1.82, 2.24) is 24.6 Å². The zero-order valence-electron chi connectivity index (χ0n) is 13.5. The first kappa shape index (κ1) is 15.3. The Labute approximate surface area is 134 Å². The Hall–Kier alpha value is -2.64. The summed E-state index contributed by atoms with van der Waals surface area (Å²) in [4.78, 5) is 24.4. The summed E-state index contributed by atoms with van der Waals surface area (Å²) in [5.41, 5.74) is 0.602. The molecule has 0 N–H and O–H groups in total. The predicted octanol–water partition coefficient (Wildman–Crippen LogP) is 0.570. The van der Waals surface area contributed by atoms with Crippen molar-refractivity contribution >= 4 is 11.7 Å². The maximum absolute atomic E-state index is 12.4. The molecular formula is C15H20N6O2. The largest absolute Gasteiger partial charge is 0.472 e. The quantitative estimate of drug-likeness (QED) is 0.821. The average molecular weight is 316 g/mol. The van der Waals surface area contributed by atoms with E-state index < -0.39 is 0 Å². The fourth-order valence-electron chi connectivity index (χ4n) is 2.53. The number of aryl methyl sites for hydroxylation is 1. The van der Waals surface area contributed by atoms with Gasteiger partial charge in [-0.15, -0.1) is 0 Å². The molecule has 0 saturated carbocycles. The van der Waals surface area contributed by atoms with E-state index in [2.05, 4.69) is 15.1 Å². The van der Waals surface area contributed by atoms with Crippen LogP contribution in [0.2, 0.25) is 0 Å². The van der Waals surface area contributed by atoms with E-state index in [-0.39, 0.29) is 12.0 Å². The Morgan fingerprint density at radius 3 is 2.91 bits per heavy atom. The molecule has 8 heteroatoms. The second kappa shape index (κ2) is 6.23. The summed E-state index contributed by atoms with van der Waals surface area (Å²) in [6, 6.07) is 1.80. The molecule has 0 bridgehead atoms. The van der Waals surface area contributed by atoms with Crippen molar-refractivity contribution in [1.29, 1.82) is 0 Å². The van der Waals surface area contributed by atoms with Gasteiger partial charge in [-0.1, -0.05) is 0 Å². The van der Waals surface area contributed by atoms with Crippen LogP contribution in [0.3, 0.4) is 0 Å². The number of likely N-dealkylation sites (tertiary alicyclic amines) is 1. The number of anilines is 1. The first-order chi connectivity index (χ1) is 11.0. The van der Waals surface area contributed by atoms with Crippen LogP contribution in [0.15, 0.2) is 24.8 Å². The van der Waals surface area contributed by atoms with Gasteiger partial charge in [-0.05, 0) is 0 Å². The molecule has 2 aromatic rings. The smallest absolute Gasteiger partial charge is 0.257 e. The number of aromatic nitrogens is 4. The lowest BCUT2D eigenvalue weighted by Crippen LogP contribution is -2.30. The number of hydrogen-bond donors (Lipinski definition) is 0. The van der Waals surface area contributed by atoms with Crippen LogP contribution in [0.1, 0.15) is 16.8 Å². The maximum atomic E-state index is 12.4. The predicted molar refractivity (Wildman–Crippen MR) is 84.5 cm³/mol. The van der Waals surface area contributed by atoms with Gasteiger partial charge < -0.3 is 14.5 Å². The number of hydrogen-bond acceptors (Lipinski definition) is 6. The van der Waals surface area contributed by atoms with E-state index in [1.165, 1.54) is 6.33 Å². The maximum Gasteiger partial charge on any atom is 0.257 e. The van der Waals surface area contributed by atoms with Crippen molar-refractivity contribution in [2.75, 3.05) is 32.1 Å². The van der Waals surface area contributed by atoms with Gasteiger partial charge in [0.05, 0.1) is 18.3 Å². The minimum absolute atomic E-state index is 0.0131. The van der Waals surface area contributed by atoms with Gasteiger partial charge in [-0.2, -0.15) is 5.10 Å². The molecule has 0 aromatic carbocycles. The summed E-state index contributed by atoms with van der Waals surface area (Å²) in [5, 5.41) is 4.04. The van der Waals surface area contributed by atoms with Crippen molar-refractivity contribution in [2.24, 2.45) is 7.05 Å². The fraction of sp³-hybridized carbons (Fsp3) is 0.467. The molecule has 3 heterocycles. The summed E-state index contributed by atoms with van der Waals surface area (Å²) < 4.78 is 7.52. The number of carbonyl (C=O) groups is 1. The Balaban J connectivity index is 1.62. The standard InChI is InChI=1S/C15H20N6O2/c1-19(2)13-6-14(17-10-16-13)23-12-4-5-21(9-12)15(22)11-7-18-20(3)8-11/h6-8,10,12H,4-5,9H2,1-3H3. The summed E-state index contributed by atoms with van der Waals surface area (Å²) in [6.45, 7) is 1.22. The van der Waals surface area contributed by atoms with Crippen LogP contribution in [-0.2, 0) is 7.05 Å². The van der Waals surface area contributed by atoms with E-state index >= 15 is 0 Å². The normalized spacial score (nSPS) is 17.3. The summed E-state index contributed by atoms with van der Waals surface area (Å²) in [5.74, 6) is 1.31. The summed E-state index contributed by atoms with van der Waals surface area (Å²) in [7, 11) is 5.62. The van der Waals surface area contributed by atoms with Gasteiger partial charge in [-0.25, -0.2) is 9.97 Å². The van der Waals surface area contributed by atoms with Crippen LogP contribution < -0.4 is 9.64 Å². The van der Waals surface area contributed by atoms with Crippen LogP contribution in [0.5, 0.6) is 5.88 Å². The molecule has 1 aliphatic rings. The van der Waals surface area contributed by atoms with E-state index in [4.69, 9.17) is 4.74 Å². The van der Waals surface area contributed by atoms with Crippen LogP contribution in [0, 0.1) is 0 Å². The highest BCUT2D eigenvalue weighted by atomic mass is 16.5. The molecule has 8 nitrogen and oxygen atoms in total. The van der Waals surface area contributed by atoms with Gasteiger partial charge in [0.2, 0.25) is 5.88 Å². The van der Waals surface area contributed by atoms with E-state index in [0.29, 0.717) is 24.5 Å². The van der Waals surface area contributed by atoms with E-state index in [9.17, 15) is 4.79 Å². The van der Waals surface area contributed by atoms with E-state index in [1.54, 1.807) is 35.1 Å². The van der Waals surface area contributed by atoms with Crippen LogP contribution >= 0.6 is 0 Å². The second-order valence-electron chi connectivity index (χ2n) is 5.79. The highest BCUT2D eigenvalue weighted by molar-refractivity contribution is 5.93. The molecule has 0 radical (unpaired) electrons. The summed E-state index contributed by atoms with van der Waals surface area (Å²) >= 11 is 0. The molecule has 1 atom stereocenters. The Morgan fingerprint density at radius 1 is 1.39 bits per heavy atom. The lowest BCUT2D eigenvalue weighted by Gasteiger charge is -2.17. The lowest BCUT2D eigenvalue weighted by molar-refractivity contribution is 0.0771. The molecule has 0 spiro atoms. The third-order valence-corrected chi connectivity index (χ3v) is 3.76. The number of carbonyl (C=O) groups excluding carboxylic acids is 1. The van der Waals surface area contributed by atoms with Gasteiger partial charge in [0.15, 0.2) is 0 Å². The number of ether oxygens (including phenoxy) is 1. The average Bonchev–Trinajstić information content (AvgIpc) is 3.16. The molecule has 1 saturated heterocycles. The van der Waals surface area contributed by atoms with E-state index in [0.717, 1.165) is 12.2 Å². The first-order valence-corrected chi connectivity index (χ1v) is 7.47. The van der Waals surface area contributed by atoms with Crippen molar-refractivity contribution in [2.45, 2.75) is 12.5 Å². The Bertz CT molecular complexity index is 699. The zero-order valence-corrected chi connectivity index (χ0v) is 13.5. The third kappa shape index (κ3) is 3.41. The van der Waals surface area contributed by atoms with Gasteiger partial charge in [0.1, 0.15) is 18.2 Å². The third-order valence-electron chi connectivity index (χ3n) is 3.76. The van der Waals surface area contributed by atoms with Gasteiger partial charge >= 0.3 is 0 Å². The Morgan fingerprint density at radius 2 is 2.22 bits per heavy atom. The molecular weight excluding hydrogens is 296 g/mol. The van der Waals surface area contributed by atoms with Crippen LogP contribution in [-0.4, -0.2) is 63.8 Å². The fourth-order valence-corrected chi connectivity index (χ4v) is 2.53. The van der Waals surface area contributed by atoms with Gasteiger partial charge in [0.25, 0.3) is 5.91 Å². The molecule has 1 aliphatic heterocycles. The molecule has 23 heavy (non-hydrogen) atoms. The number of rotatable bonds is 4. The van der Waals surface area contributed by atoms with Crippen molar-refractivity contribution in [3.63, 3.8) is 0 Å². The molecule has 1 fully saturated rings. The van der Waals surface area contributed by atoms with Crippen LogP contribution in [0.4, 0.5) is 5.82 Å². The number of nitrogens with zero attached hydrogens (tertiary/aromatic N) is 6. The van der Waals surface area contributed by atoms with Gasteiger partial charge in [0, 0.05) is 46.4 Å². The summed E-state index contributed by atoms with van der Waals surface area (Å²) in [6.07, 6.45) is 5.53. The van der Waals surface area contributed by atoms with Gasteiger partial charge in [-0.3, -0.25) is 9.48 Å². The number of amides is 1. The molecule has 1 unspecified atom stereocenters. The Kier molecular flexibility index (Phi) is 4.14. The van der Waals surface area contributed by atoms with Crippen molar-refractivity contribution in [3.8, 4) is 5.88 Å². The highest BCUT2D eigenvalue weighted by Crippen LogP contribution is 2.20.